The number of fused-ring (bicyclic) bond motifs is 1. The molecule has 1 aromatic rings. The van der Waals surface area contributed by atoms with E-state index in [9.17, 15) is 9.59 Å². The van der Waals surface area contributed by atoms with E-state index >= 15 is 0 Å². The molecule has 0 aromatic heterocycles. The summed E-state index contributed by atoms with van der Waals surface area (Å²) in [5.41, 5.74) is 2.66. The van der Waals surface area contributed by atoms with Crippen molar-refractivity contribution in [1.82, 2.24) is 10.4 Å². The molecule has 3 rings (SSSR count). The molecule has 8 nitrogen and oxygen atoms in total. The highest BCUT2D eigenvalue weighted by molar-refractivity contribution is 5.93. The zero-order valence-electron chi connectivity index (χ0n) is 14.1. The Labute approximate surface area is 145 Å². The Morgan fingerprint density at radius 1 is 1.32 bits per heavy atom. The van der Waals surface area contributed by atoms with Crippen molar-refractivity contribution in [3.05, 3.63) is 29.3 Å². The van der Waals surface area contributed by atoms with Gasteiger partial charge in [0.2, 0.25) is 0 Å². The molecule has 8 heteroatoms. The first-order chi connectivity index (χ1) is 12.1. The van der Waals surface area contributed by atoms with E-state index in [0.29, 0.717) is 45.0 Å². The predicted octanol–water partition coefficient (Wildman–Crippen LogP) is 1.70. The molecule has 0 radical (unpaired) electrons. The van der Waals surface area contributed by atoms with Gasteiger partial charge in [0.25, 0.3) is 5.91 Å². The second-order valence-corrected chi connectivity index (χ2v) is 6.25. The number of carbonyl (C=O) groups excluding carboxylic acids is 2. The van der Waals surface area contributed by atoms with E-state index in [0.717, 1.165) is 5.56 Å². The van der Waals surface area contributed by atoms with Crippen molar-refractivity contribution >= 4 is 12.0 Å². The maximum Gasteiger partial charge on any atom is 0.410 e. The highest BCUT2D eigenvalue weighted by Gasteiger charge is 2.29. The number of hydrogen-bond donors (Lipinski definition) is 2. The van der Waals surface area contributed by atoms with Crippen molar-refractivity contribution in [3.8, 4) is 5.75 Å². The molecule has 2 heterocycles. The first-order valence-electron chi connectivity index (χ1n) is 8.33. The second kappa shape index (κ2) is 7.71. The van der Waals surface area contributed by atoms with E-state index in [1.165, 1.54) is 0 Å². The lowest BCUT2D eigenvalue weighted by atomic mass is 10.1. The number of nitrogens with zero attached hydrogens (tertiary/aromatic N) is 1. The molecular formula is C17H22N2O6. The fraction of sp³-hybridized carbons (Fsp3) is 0.529. The third kappa shape index (κ3) is 4.02. The second-order valence-electron chi connectivity index (χ2n) is 6.25. The van der Waals surface area contributed by atoms with Gasteiger partial charge in [0.1, 0.15) is 18.5 Å². The summed E-state index contributed by atoms with van der Waals surface area (Å²) in [6.07, 6.45) is 0.933. The third-order valence-corrected chi connectivity index (χ3v) is 4.45. The molecule has 1 atom stereocenters. The molecule has 0 unspecified atom stereocenters. The fourth-order valence-corrected chi connectivity index (χ4v) is 2.91. The molecule has 2 aliphatic rings. The van der Waals surface area contributed by atoms with Crippen LogP contribution in [0.1, 0.15) is 35.7 Å². The van der Waals surface area contributed by atoms with Gasteiger partial charge in [-0.15, -0.1) is 0 Å². The highest BCUT2D eigenvalue weighted by Crippen LogP contribution is 2.27. The van der Waals surface area contributed by atoms with Crippen molar-refractivity contribution < 1.29 is 29.0 Å². The van der Waals surface area contributed by atoms with Crippen molar-refractivity contribution in [2.45, 2.75) is 38.5 Å². The molecule has 25 heavy (non-hydrogen) atoms. The van der Waals surface area contributed by atoms with Gasteiger partial charge in [0.05, 0.1) is 25.8 Å². The Bertz CT molecular complexity index is 644. The minimum atomic E-state index is -0.612. The largest absolute Gasteiger partial charge is 0.491 e. The fourth-order valence-electron chi connectivity index (χ4n) is 2.91. The van der Waals surface area contributed by atoms with Crippen molar-refractivity contribution in [3.63, 3.8) is 0 Å². The summed E-state index contributed by atoms with van der Waals surface area (Å²) in [5, 5.41) is 8.74. The van der Waals surface area contributed by atoms with Gasteiger partial charge >= 0.3 is 6.09 Å². The van der Waals surface area contributed by atoms with Crippen LogP contribution < -0.4 is 10.2 Å². The van der Waals surface area contributed by atoms with Crippen LogP contribution in [-0.2, 0) is 16.0 Å². The van der Waals surface area contributed by atoms with E-state index in [1.807, 2.05) is 6.92 Å². The Balaban J connectivity index is 1.73. The maximum atomic E-state index is 12.6. The lowest BCUT2D eigenvalue weighted by molar-refractivity contribution is -0.0155. The number of hydroxylamine groups is 1. The SMILES string of the molecule is C[C@H]1COc2cc(C(=O)NO)ccc2CN1C(=O)OC1CCOCC1. The average Bonchev–Trinajstić information content (AvgIpc) is 2.80. The summed E-state index contributed by atoms with van der Waals surface area (Å²) < 4.78 is 16.6. The zero-order valence-corrected chi connectivity index (χ0v) is 14.1. The van der Waals surface area contributed by atoms with Crippen LogP contribution in [0.15, 0.2) is 18.2 Å². The van der Waals surface area contributed by atoms with Crippen LogP contribution in [0.25, 0.3) is 0 Å². The van der Waals surface area contributed by atoms with Gasteiger partial charge in [-0.3, -0.25) is 14.9 Å². The molecule has 136 valence electrons. The Morgan fingerprint density at radius 2 is 2.08 bits per heavy atom. The van der Waals surface area contributed by atoms with E-state index in [-0.39, 0.29) is 23.8 Å². The number of hydrogen-bond acceptors (Lipinski definition) is 6. The summed E-state index contributed by atoms with van der Waals surface area (Å²) in [7, 11) is 0. The number of ether oxygens (including phenoxy) is 3. The van der Waals surface area contributed by atoms with Gasteiger partial charge < -0.3 is 14.2 Å². The maximum absolute atomic E-state index is 12.6. The first-order valence-corrected chi connectivity index (χ1v) is 8.33. The molecule has 2 amide bonds. The monoisotopic (exact) mass is 350 g/mol. The van der Waals surface area contributed by atoms with Crippen molar-refractivity contribution in [2.24, 2.45) is 0 Å². The van der Waals surface area contributed by atoms with E-state index < -0.39 is 5.91 Å². The average molecular weight is 350 g/mol. The van der Waals surface area contributed by atoms with Crippen LogP contribution in [0.2, 0.25) is 0 Å². The van der Waals surface area contributed by atoms with Crippen LogP contribution in [-0.4, -0.2) is 54.1 Å². The summed E-state index contributed by atoms with van der Waals surface area (Å²) in [4.78, 5) is 25.7. The highest BCUT2D eigenvalue weighted by atomic mass is 16.6. The van der Waals surface area contributed by atoms with Gasteiger partial charge in [-0.1, -0.05) is 6.07 Å². The Kier molecular flexibility index (Phi) is 5.40. The van der Waals surface area contributed by atoms with Gasteiger partial charge in [0, 0.05) is 24.0 Å². The first kappa shape index (κ1) is 17.5. The molecule has 0 spiro atoms. The Morgan fingerprint density at radius 3 is 2.80 bits per heavy atom. The minimum absolute atomic E-state index is 0.118. The zero-order chi connectivity index (χ0) is 17.8. The summed E-state index contributed by atoms with van der Waals surface area (Å²) >= 11 is 0. The number of benzene rings is 1. The molecular weight excluding hydrogens is 328 g/mol. The summed E-state index contributed by atoms with van der Waals surface area (Å²) in [6, 6.07) is 4.68. The van der Waals surface area contributed by atoms with Crippen LogP contribution in [0.3, 0.4) is 0 Å². The lowest BCUT2D eigenvalue weighted by Gasteiger charge is -2.29. The molecule has 0 bridgehead atoms. The van der Waals surface area contributed by atoms with Crippen LogP contribution in [0.5, 0.6) is 5.75 Å². The van der Waals surface area contributed by atoms with Crippen LogP contribution in [0, 0.1) is 0 Å². The summed E-state index contributed by atoms with van der Waals surface area (Å²) in [5.74, 6) is -0.0891. The molecule has 0 saturated carbocycles. The number of nitrogens with one attached hydrogen (secondary N) is 1. The van der Waals surface area contributed by atoms with Crippen molar-refractivity contribution in [1.29, 1.82) is 0 Å². The van der Waals surface area contributed by atoms with Gasteiger partial charge in [-0.2, -0.15) is 0 Å². The molecule has 1 fully saturated rings. The number of amides is 2. The van der Waals surface area contributed by atoms with E-state index in [2.05, 4.69) is 0 Å². The number of rotatable bonds is 2. The Hall–Kier alpha value is -2.32. The van der Waals surface area contributed by atoms with Crippen LogP contribution >= 0.6 is 0 Å². The number of carbonyl (C=O) groups is 2. The van der Waals surface area contributed by atoms with Crippen molar-refractivity contribution in [2.75, 3.05) is 19.8 Å². The molecule has 2 aliphatic heterocycles. The van der Waals surface area contributed by atoms with Gasteiger partial charge in [0.15, 0.2) is 0 Å². The van der Waals surface area contributed by atoms with E-state index in [1.54, 1.807) is 28.6 Å². The standard InChI is InChI=1S/C17H22N2O6/c1-11-10-24-15-8-12(16(20)18-22)2-3-13(15)9-19(11)17(21)25-14-4-6-23-7-5-14/h2-3,8,11,14,22H,4-7,9-10H2,1H3,(H,18,20)/t11-/m0/s1. The smallest absolute Gasteiger partial charge is 0.410 e. The van der Waals surface area contributed by atoms with Crippen LogP contribution in [0.4, 0.5) is 4.79 Å². The molecule has 1 aromatic carbocycles. The quantitative estimate of drug-likeness (QED) is 0.622. The van der Waals surface area contributed by atoms with Gasteiger partial charge in [-0.25, -0.2) is 10.3 Å². The third-order valence-electron chi connectivity index (χ3n) is 4.45. The predicted molar refractivity (Wildman–Crippen MR) is 86.5 cm³/mol. The molecule has 2 N–H and O–H groups in total. The van der Waals surface area contributed by atoms with E-state index in [4.69, 9.17) is 19.4 Å². The topological polar surface area (TPSA) is 97.3 Å². The molecule has 0 aliphatic carbocycles. The minimum Gasteiger partial charge on any atom is -0.491 e. The van der Waals surface area contributed by atoms with Gasteiger partial charge in [-0.05, 0) is 19.1 Å². The normalized spacial score (nSPS) is 20.9. The molecule has 1 saturated heterocycles. The lowest BCUT2D eigenvalue weighted by Crippen LogP contribution is -2.42. The summed E-state index contributed by atoms with van der Waals surface area (Å²) in [6.45, 7) is 3.72.